The molecule has 1 heterocycles. The lowest BCUT2D eigenvalue weighted by Gasteiger charge is -2.36. The largest absolute Gasteiger partial charge is 0.444 e. The van der Waals surface area contributed by atoms with Gasteiger partial charge in [-0.3, -0.25) is 0 Å². The third-order valence-corrected chi connectivity index (χ3v) is 2.33. The van der Waals surface area contributed by atoms with Gasteiger partial charge >= 0.3 is 6.09 Å². The second-order valence-electron chi connectivity index (χ2n) is 4.95. The number of carbonyl (C=O) groups is 1. The summed E-state index contributed by atoms with van der Waals surface area (Å²) < 4.78 is 5.31. The Hall–Kier alpha value is -1.46. The summed E-state index contributed by atoms with van der Waals surface area (Å²) in [6.07, 6.45) is -0.350. The van der Waals surface area contributed by atoms with Gasteiger partial charge in [0.1, 0.15) is 5.60 Å². The van der Waals surface area contributed by atoms with Crippen molar-refractivity contribution in [2.75, 3.05) is 26.2 Å². The highest BCUT2D eigenvalue weighted by atomic mass is 16.6. The molecule has 1 unspecified atom stereocenters. The van der Waals surface area contributed by atoms with E-state index in [9.17, 15) is 4.79 Å². The predicted octanol–water partition coefficient (Wildman–Crippen LogP) is 1.51. The molecule has 0 aromatic rings. The number of amides is 1. The number of ether oxygens (including phenoxy) is 1. The van der Waals surface area contributed by atoms with Crippen molar-refractivity contribution in [3.8, 4) is 0 Å². The van der Waals surface area contributed by atoms with Crippen LogP contribution in [0.15, 0.2) is 5.11 Å². The molecule has 17 heavy (non-hydrogen) atoms. The molecule has 1 N–H and O–H groups in total. The first-order valence-corrected chi connectivity index (χ1v) is 5.65. The van der Waals surface area contributed by atoms with Crippen molar-refractivity contribution in [3.05, 3.63) is 10.4 Å². The van der Waals surface area contributed by atoms with Crippen LogP contribution >= 0.6 is 0 Å². The van der Waals surface area contributed by atoms with Crippen molar-refractivity contribution in [2.24, 2.45) is 5.11 Å². The summed E-state index contributed by atoms with van der Waals surface area (Å²) in [5.41, 5.74) is 7.80. The van der Waals surface area contributed by atoms with Crippen molar-refractivity contribution in [3.63, 3.8) is 0 Å². The zero-order valence-corrected chi connectivity index (χ0v) is 10.5. The molecule has 7 heteroatoms. The van der Waals surface area contributed by atoms with Crippen LogP contribution in [0.25, 0.3) is 10.4 Å². The highest BCUT2D eigenvalue weighted by Gasteiger charge is 2.29. The molecule has 0 aromatic heterocycles. The van der Waals surface area contributed by atoms with E-state index in [4.69, 9.17) is 10.3 Å². The third-order valence-electron chi connectivity index (χ3n) is 2.33. The van der Waals surface area contributed by atoms with Crippen molar-refractivity contribution < 1.29 is 9.53 Å². The fourth-order valence-corrected chi connectivity index (χ4v) is 1.62. The lowest BCUT2D eigenvalue weighted by Crippen LogP contribution is -2.55. The molecule has 0 bridgehead atoms. The SMILES string of the molecule is CC(C)(C)OC(=O)N1CCNCC1CN=[N+]=[N-]. The Morgan fingerprint density at radius 2 is 2.35 bits per heavy atom. The molecule has 1 aliphatic heterocycles. The van der Waals surface area contributed by atoms with Crippen molar-refractivity contribution in [1.82, 2.24) is 10.2 Å². The first-order chi connectivity index (χ1) is 7.94. The quantitative estimate of drug-likeness (QED) is 0.451. The van der Waals surface area contributed by atoms with E-state index in [0.717, 1.165) is 6.54 Å². The Morgan fingerprint density at radius 3 is 2.94 bits per heavy atom. The van der Waals surface area contributed by atoms with Gasteiger partial charge in [0.05, 0.1) is 6.04 Å². The van der Waals surface area contributed by atoms with Gasteiger partial charge in [0.2, 0.25) is 0 Å². The topological polar surface area (TPSA) is 90.3 Å². The minimum Gasteiger partial charge on any atom is -0.444 e. The van der Waals surface area contributed by atoms with Gasteiger partial charge < -0.3 is 15.0 Å². The molecular formula is C10H19N5O2. The van der Waals surface area contributed by atoms with Crippen molar-refractivity contribution in [2.45, 2.75) is 32.4 Å². The van der Waals surface area contributed by atoms with E-state index >= 15 is 0 Å². The molecule has 1 aliphatic rings. The summed E-state index contributed by atoms with van der Waals surface area (Å²) in [6, 6.07) is -0.130. The highest BCUT2D eigenvalue weighted by molar-refractivity contribution is 5.68. The second-order valence-corrected chi connectivity index (χ2v) is 4.95. The van der Waals surface area contributed by atoms with Gasteiger partial charge in [-0.15, -0.1) is 0 Å². The van der Waals surface area contributed by atoms with Gasteiger partial charge in [-0.25, -0.2) is 4.79 Å². The molecule has 1 fully saturated rings. The van der Waals surface area contributed by atoms with Crippen molar-refractivity contribution >= 4 is 6.09 Å². The second kappa shape index (κ2) is 5.75. The molecule has 0 saturated carbocycles. The summed E-state index contributed by atoms with van der Waals surface area (Å²) >= 11 is 0. The van der Waals surface area contributed by atoms with E-state index in [-0.39, 0.29) is 18.7 Å². The maximum Gasteiger partial charge on any atom is 0.410 e. The zero-order chi connectivity index (χ0) is 12.9. The molecule has 1 saturated heterocycles. The standard InChI is InChI=1S/C10H19N5O2/c1-10(2,3)17-9(16)15-5-4-12-6-8(15)7-13-14-11/h8,12H,4-7H2,1-3H3. The summed E-state index contributed by atoms with van der Waals surface area (Å²) in [5, 5.41) is 6.67. The number of hydrogen-bond donors (Lipinski definition) is 1. The van der Waals surface area contributed by atoms with Crippen LogP contribution in [0.1, 0.15) is 20.8 Å². The fraction of sp³-hybridized carbons (Fsp3) is 0.900. The molecule has 1 rings (SSSR count). The number of nitrogens with zero attached hydrogens (tertiary/aromatic N) is 4. The Balaban J connectivity index is 2.63. The Kier molecular flexibility index (Phi) is 4.60. The van der Waals surface area contributed by atoms with Gasteiger partial charge in [-0.05, 0) is 26.3 Å². The minimum absolute atomic E-state index is 0.130. The summed E-state index contributed by atoms with van der Waals surface area (Å²) in [5.74, 6) is 0. The molecule has 0 aromatic carbocycles. The normalized spacial score (nSPS) is 20.6. The lowest BCUT2D eigenvalue weighted by molar-refractivity contribution is 0.0131. The van der Waals surface area contributed by atoms with E-state index < -0.39 is 5.60 Å². The first-order valence-electron chi connectivity index (χ1n) is 5.65. The van der Waals surface area contributed by atoms with E-state index in [0.29, 0.717) is 13.1 Å². The molecule has 0 radical (unpaired) electrons. The number of hydrogen-bond acceptors (Lipinski definition) is 4. The molecule has 96 valence electrons. The Labute approximate surface area is 101 Å². The molecule has 1 atom stereocenters. The van der Waals surface area contributed by atoms with E-state index in [1.54, 1.807) is 4.90 Å². The summed E-state index contributed by atoms with van der Waals surface area (Å²) in [4.78, 5) is 16.3. The average Bonchev–Trinajstić information content (AvgIpc) is 2.24. The maximum atomic E-state index is 11.9. The van der Waals surface area contributed by atoms with Crippen LogP contribution in [-0.2, 0) is 4.74 Å². The Bertz CT molecular complexity index is 319. The predicted molar refractivity (Wildman–Crippen MR) is 63.6 cm³/mol. The van der Waals surface area contributed by atoms with E-state index in [2.05, 4.69) is 15.3 Å². The first kappa shape index (κ1) is 13.6. The summed E-state index contributed by atoms with van der Waals surface area (Å²) in [6.45, 7) is 7.67. The number of piperazine rings is 1. The van der Waals surface area contributed by atoms with E-state index in [1.807, 2.05) is 20.8 Å². The number of carbonyl (C=O) groups excluding carboxylic acids is 1. The van der Waals surface area contributed by atoms with Crippen LogP contribution in [-0.4, -0.2) is 48.8 Å². The molecule has 1 amide bonds. The molecular weight excluding hydrogens is 222 g/mol. The maximum absolute atomic E-state index is 11.9. The monoisotopic (exact) mass is 241 g/mol. The van der Waals surface area contributed by atoms with Crippen LogP contribution in [0.2, 0.25) is 0 Å². The number of azide groups is 1. The zero-order valence-electron chi connectivity index (χ0n) is 10.5. The van der Waals surface area contributed by atoms with Gasteiger partial charge in [-0.1, -0.05) is 5.11 Å². The summed E-state index contributed by atoms with van der Waals surface area (Å²) in [7, 11) is 0. The van der Waals surface area contributed by atoms with Gasteiger partial charge in [0.25, 0.3) is 0 Å². The van der Waals surface area contributed by atoms with Crippen LogP contribution in [0, 0.1) is 0 Å². The molecule has 7 nitrogen and oxygen atoms in total. The van der Waals surface area contributed by atoms with Crippen LogP contribution in [0.4, 0.5) is 4.79 Å². The van der Waals surface area contributed by atoms with Crippen LogP contribution in [0.5, 0.6) is 0 Å². The van der Waals surface area contributed by atoms with Gasteiger partial charge in [0.15, 0.2) is 0 Å². The molecule has 0 aliphatic carbocycles. The molecule has 0 spiro atoms. The number of nitrogens with one attached hydrogen (secondary N) is 1. The van der Waals surface area contributed by atoms with E-state index in [1.165, 1.54) is 0 Å². The smallest absolute Gasteiger partial charge is 0.410 e. The highest BCUT2D eigenvalue weighted by Crippen LogP contribution is 2.13. The van der Waals surface area contributed by atoms with Gasteiger partial charge in [0, 0.05) is 31.1 Å². The van der Waals surface area contributed by atoms with Crippen LogP contribution < -0.4 is 5.32 Å². The minimum atomic E-state index is -0.509. The van der Waals surface area contributed by atoms with Gasteiger partial charge in [-0.2, -0.15) is 0 Å². The fourth-order valence-electron chi connectivity index (χ4n) is 1.62. The van der Waals surface area contributed by atoms with Crippen LogP contribution in [0.3, 0.4) is 0 Å². The van der Waals surface area contributed by atoms with Crippen molar-refractivity contribution in [1.29, 1.82) is 0 Å². The lowest BCUT2D eigenvalue weighted by atomic mass is 10.2. The average molecular weight is 241 g/mol. The number of rotatable bonds is 2. The Morgan fingerprint density at radius 1 is 1.65 bits per heavy atom. The third kappa shape index (κ3) is 4.50.